The Morgan fingerprint density at radius 1 is 1.33 bits per heavy atom. The maximum absolute atomic E-state index is 11.4. The van der Waals surface area contributed by atoms with Gasteiger partial charge in [0.2, 0.25) is 0 Å². The topological polar surface area (TPSA) is 70.2 Å². The zero-order valence-electron chi connectivity index (χ0n) is 7.45. The molecule has 0 aliphatic carbocycles. The first-order valence-electron chi connectivity index (χ1n) is 4.15. The van der Waals surface area contributed by atoms with Crippen LogP contribution < -0.4 is 5.56 Å². The van der Waals surface area contributed by atoms with Crippen LogP contribution in [0.3, 0.4) is 0 Å². The average molecular weight is 268 g/mol. The number of H-pyrrole nitrogens is 1. The summed E-state index contributed by atoms with van der Waals surface area (Å²) in [5.41, 5.74) is -0.263. The quantitative estimate of drug-likeness (QED) is 0.830. The van der Waals surface area contributed by atoms with Gasteiger partial charge in [-0.15, -0.1) is 0 Å². The monoisotopic (exact) mass is 267 g/mol. The van der Waals surface area contributed by atoms with Crippen molar-refractivity contribution >= 4 is 32.8 Å². The Labute approximate surface area is 92.7 Å². The molecule has 0 aliphatic rings. The molecule has 2 aromatic rings. The van der Waals surface area contributed by atoms with Gasteiger partial charge in [0.1, 0.15) is 5.56 Å². The average Bonchev–Trinajstić information content (AvgIpc) is 2.17. The van der Waals surface area contributed by atoms with Gasteiger partial charge in [0, 0.05) is 15.4 Å². The van der Waals surface area contributed by atoms with Crippen molar-refractivity contribution in [2.75, 3.05) is 0 Å². The van der Waals surface area contributed by atoms with E-state index in [9.17, 15) is 9.59 Å². The lowest BCUT2D eigenvalue weighted by Crippen LogP contribution is -2.18. The highest BCUT2D eigenvalue weighted by Gasteiger charge is 2.15. The van der Waals surface area contributed by atoms with E-state index in [2.05, 4.69) is 20.9 Å². The summed E-state index contributed by atoms with van der Waals surface area (Å²) in [5, 5.41) is 9.53. The molecule has 5 heteroatoms. The number of aromatic nitrogens is 1. The van der Waals surface area contributed by atoms with E-state index in [-0.39, 0.29) is 5.56 Å². The molecule has 0 amide bonds. The number of aromatic carboxylic acids is 1. The number of carboxylic acids is 1. The molecule has 0 fully saturated rings. The van der Waals surface area contributed by atoms with Crippen molar-refractivity contribution in [3.63, 3.8) is 0 Å². The van der Waals surface area contributed by atoms with Crippen molar-refractivity contribution in [2.24, 2.45) is 0 Å². The molecule has 0 radical (unpaired) electrons. The van der Waals surface area contributed by atoms with Crippen LogP contribution in [0.5, 0.6) is 0 Å². The van der Waals surface area contributed by atoms with E-state index in [0.717, 1.165) is 0 Å². The molecular formula is C10H6BrNO3. The molecule has 4 nitrogen and oxygen atoms in total. The Morgan fingerprint density at radius 2 is 2.00 bits per heavy atom. The Balaban J connectivity index is 2.97. The van der Waals surface area contributed by atoms with Crippen LogP contribution in [0.1, 0.15) is 10.4 Å². The van der Waals surface area contributed by atoms with Crippen molar-refractivity contribution in [3.05, 3.63) is 44.7 Å². The molecule has 2 rings (SSSR count). The number of carboxylic acid groups (broad SMARTS) is 1. The molecule has 1 aromatic heterocycles. The van der Waals surface area contributed by atoms with Crippen molar-refractivity contribution in [2.45, 2.75) is 0 Å². The lowest BCUT2D eigenvalue weighted by atomic mass is 10.1. The van der Waals surface area contributed by atoms with Gasteiger partial charge in [-0.1, -0.05) is 18.2 Å². The summed E-state index contributed by atoms with van der Waals surface area (Å²) in [6.07, 6.45) is 0. The maximum atomic E-state index is 11.4. The van der Waals surface area contributed by atoms with E-state index in [1.807, 2.05) is 0 Å². The molecule has 0 aliphatic heterocycles. The minimum atomic E-state index is -1.24. The third-order valence-electron chi connectivity index (χ3n) is 2.07. The number of carbonyl (C=O) groups is 1. The third kappa shape index (κ3) is 1.55. The van der Waals surface area contributed by atoms with E-state index >= 15 is 0 Å². The number of aromatic amines is 1. The summed E-state index contributed by atoms with van der Waals surface area (Å²) in [7, 11) is 0. The number of hydrogen-bond acceptors (Lipinski definition) is 2. The number of benzene rings is 1. The molecule has 1 heterocycles. The smallest absolute Gasteiger partial charge is 0.342 e. The molecular weight excluding hydrogens is 262 g/mol. The summed E-state index contributed by atoms with van der Waals surface area (Å²) >= 11 is 3.13. The fourth-order valence-corrected chi connectivity index (χ4v) is 2.09. The van der Waals surface area contributed by atoms with Gasteiger partial charge in [-0.3, -0.25) is 4.79 Å². The summed E-state index contributed by atoms with van der Waals surface area (Å²) in [5.74, 6) is -1.24. The molecule has 0 spiro atoms. The Kier molecular flexibility index (Phi) is 2.32. The van der Waals surface area contributed by atoms with E-state index < -0.39 is 11.5 Å². The third-order valence-corrected chi connectivity index (χ3v) is 2.90. The molecule has 76 valence electrons. The molecule has 0 saturated carbocycles. The normalized spacial score (nSPS) is 10.5. The highest BCUT2D eigenvalue weighted by atomic mass is 79.9. The second kappa shape index (κ2) is 3.51. The van der Waals surface area contributed by atoms with Crippen LogP contribution in [0, 0.1) is 0 Å². The second-order valence-electron chi connectivity index (χ2n) is 2.99. The first kappa shape index (κ1) is 9.92. The van der Waals surface area contributed by atoms with Gasteiger partial charge in [0.05, 0.1) is 0 Å². The summed E-state index contributed by atoms with van der Waals surface area (Å²) in [6, 6.07) is 7.00. The minimum Gasteiger partial charge on any atom is -0.477 e. The molecule has 15 heavy (non-hydrogen) atoms. The van der Waals surface area contributed by atoms with Gasteiger partial charge < -0.3 is 10.1 Å². The highest BCUT2D eigenvalue weighted by molar-refractivity contribution is 9.10. The summed E-state index contributed by atoms with van der Waals surface area (Å²) < 4.78 is 0.314. The summed E-state index contributed by atoms with van der Waals surface area (Å²) in [6.45, 7) is 0. The van der Waals surface area contributed by atoms with Crippen LogP contribution in [-0.2, 0) is 0 Å². The first-order valence-corrected chi connectivity index (χ1v) is 4.94. The number of pyridine rings is 1. The van der Waals surface area contributed by atoms with E-state index in [4.69, 9.17) is 5.11 Å². The van der Waals surface area contributed by atoms with Crippen LogP contribution in [-0.4, -0.2) is 16.1 Å². The number of rotatable bonds is 1. The number of halogens is 1. The van der Waals surface area contributed by atoms with E-state index in [0.29, 0.717) is 15.4 Å². The molecule has 0 unspecified atom stereocenters. The molecule has 0 bridgehead atoms. The molecule has 1 aromatic carbocycles. The Hall–Kier alpha value is -1.62. The van der Waals surface area contributed by atoms with Crippen molar-refractivity contribution in [1.82, 2.24) is 4.98 Å². The highest BCUT2D eigenvalue weighted by Crippen LogP contribution is 2.23. The maximum Gasteiger partial charge on any atom is 0.342 e. The standard InChI is InChI=1S/C10H6BrNO3/c11-8-5-3-1-2-4-6(5)12-9(13)7(8)10(14)15/h1-4H,(H,12,13)(H,14,15). The van der Waals surface area contributed by atoms with Crippen LogP contribution >= 0.6 is 15.9 Å². The van der Waals surface area contributed by atoms with Gasteiger partial charge in [0.15, 0.2) is 0 Å². The van der Waals surface area contributed by atoms with E-state index in [1.165, 1.54) is 0 Å². The van der Waals surface area contributed by atoms with Crippen LogP contribution in [0.4, 0.5) is 0 Å². The zero-order chi connectivity index (χ0) is 11.0. The van der Waals surface area contributed by atoms with Crippen LogP contribution in [0.25, 0.3) is 10.9 Å². The number of hydrogen-bond donors (Lipinski definition) is 2. The van der Waals surface area contributed by atoms with Gasteiger partial charge in [-0.2, -0.15) is 0 Å². The Morgan fingerprint density at radius 3 is 2.67 bits per heavy atom. The van der Waals surface area contributed by atoms with Crippen LogP contribution in [0.2, 0.25) is 0 Å². The SMILES string of the molecule is O=C(O)c1c(Br)c2ccccc2[nH]c1=O. The predicted molar refractivity (Wildman–Crippen MR) is 59.2 cm³/mol. The lowest BCUT2D eigenvalue weighted by molar-refractivity contribution is 0.0694. The molecule has 0 atom stereocenters. The fourth-order valence-electron chi connectivity index (χ4n) is 1.39. The summed E-state index contributed by atoms with van der Waals surface area (Å²) in [4.78, 5) is 24.8. The molecule has 0 saturated heterocycles. The first-order chi connectivity index (χ1) is 7.11. The van der Waals surface area contributed by atoms with E-state index in [1.54, 1.807) is 24.3 Å². The lowest BCUT2D eigenvalue weighted by Gasteiger charge is -2.03. The second-order valence-corrected chi connectivity index (χ2v) is 3.79. The molecule has 2 N–H and O–H groups in total. The van der Waals surface area contributed by atoms with Crippen molar-refractivity contribution < 1.29 is 9.90 Å². The van der Waals surface area contributed by atoms with Gasteiger partial charge in [-0.25, -0.2) is 4.79 Å². The number of fused-ring (bicyclic) bond motifs is 1. The Bertz CT molecular complexity index is 603. The fraction of sp³-hybridized carbons (Fsp3) is 0. The number of nitrogens with one attached hydrogen (secondary N) is 1. The van der Waals surface area contributed by atoms with Gasteiger partial charge in [-0.05, 0) is 22.0 Å². The van der Waals surface area contributed by atoms with Gasteiger partial charge >= 0.3 is 5.97 Å². The minimum absolute atomic E-state index is 0.270. The van der Waals surface area contributed by atoms with Gasteiger partial charge in [0.25, 0.3) is 5.56 Å². The largest absolute Gasteiger partial charge is 0.477 e. The zero-order valence-corrected chi connectivity index (χ0v) is 9.04. The predicted octanol–water partition coefficient (Wildman–Crippen LogP) is 1.99. The number of para-hydroxylation sites is 1. The van der Waals surface area contributed by atoms with Crippen molar-refractivity contribution in [3.8, 4) is 0 Å². The van der Waals surface area contributed by atoms with Crippen LogP contribution in [0.15, 0.2) is 33.5 Å². The van der Waals surface area contributed by atoms with Crippen molar-refractivity contribution in [1.29, 1.82) is 0 Å².